The number of nitrogens with zero attached hydrogens (tertiary/aromatic N) is 6. The van der Waals surface area contributed by atoms with Gasteiger partial charge in [-0.15, -0.1) is 10.2 Å². The first kappa shape index (κ1) is 23.0. The Morgan fingerprint density at radius 2 is 1.67 bits per heavy atom. The van der Waals surface area contributed by atoms with E-state index in [2.05, 4.69) is 64.9 Å². The normalized spacial score (nSPS) is 14.0. The van der Waals surface area contributed by atoms with Gasteiger partial charge in [0.2, 0.25) is 0 Å². The van der Waals surface area contributed by atoms with Gasteiger partial charge < -0.3 is 14.5 Å². The molecule has 33 heavy (non-hydrogen) atoms. The minimum Gasteiger partial charge on any atom is -0.495 e. The molecule has 4 heterocycles. The van der Waals surface area contributed by atoms with Crippen LogP contribution >= 0.6 is 0 Å². The zero-order valence-electron chi connectivity index (χ0n) is 20.4. The third kappa shape index (κ3) is 4.92. The second-order valence-corrected chi connectivity index (χ2v) is 8.78. The van der Waals surface area contributed by atoms with Gasteiger partial charge in [-0.05, 0) is 68.0 Å². The molecule has 1 aliphatic heterocycles. The van der Waals surface area contributed by atoms with Gasteiger partial charge in [0.15, 0.2) is 5.82 Å². The molecule has 1 aliphatic rings. The Labute approximate surface area is 196 Å². The third-order valence-corrected chi connectivity index (χ3v) is 6.63. The van der Waals surface area contributed by atoms with Gasteiger partial charge in [-0.2, -0.15) is 0 Å². The number of aromatic nitrogens is 4. The minimum absolute atomic E-state index is 0.716. The molecule has 174 valence electrons. The van der Waals surface area contributed by atoms with Crippen LogP contribution in [0.1, 0.15) is 42.0 Å². The summed E-state index contributed by atoms with van der Waals surface area (Å²) in [7, 11) is 1.64. The molecule has 0 saturated carbocycles. The number of unbranched alkanes of at least 4 members (excludes halogenated alkanes) is 1. The lowest BCUT2D eigenvalue weighted by molar-refractivity contribution is 0.413. The van der Waals surface area contributed by atoms with E-state index in [1.165, 1.54) is 24.0 Å². The summed E-state index contributed by atoms with van der Waals surface area (Å²) in [4.78, 5) is 13.7. The topological polar surface area (TPSA) is 67.3 Å². The molecule has 7 heteroatoms. The molecule has 0 aromatic carbocycles. The van der Waals surface area contributed by atoms with E-state index in [1.807, 2.05) is 6.07 Å². The number of aryl methyl sites for hydroxylation is 2. The van der Waals surface area contributed by atoms with E-state index in [0.717, 1.165) is 66.6 Å². The van der Waals surface area contributed by atoms with E-state index in [-0.39, 0.29) is 0 Å². The Hall–Kier alpha value is -3.22. The highest BCUT2D eigenvalue weighted by molar-refractivity contribution is 5.67. The standard InChI is InChI=1S/C26H34N6O/c1-6-7-8-21-16-28-24(13-18(21)2)31-9-11-32(12-10-31)26-20(4)19(3)25(29-30-26)22-14-23(33-5)17-27-15-22/h13-17H,6-12H2,1-5H3. The van der Waals surface area contributed by atoms with Crippen molar-refractivity contribution in [3.8, 4) is 17.0 Å². The highest BCUT2D eigenvalue weighted by Gasteiger charge is 2.23. The van der Waals surface area contributed by atoms with Gasteiger partial charge in [0.05, 0.1) is 19.0 Å². The van der Waals surface area contributed by atoms with Crippen molar-refractivity contribution in [2.75, 3.05) is 43.1 Å². The fraction of sp³-hybridized carbons (Fsp3) is 0.462. The van der Waals surface area contributed by atoms with Crippen LogP contribution in [-0.2, 0) is 6.42 Å². The molecular formula is C26H34N6O. The molecule has 0 radical (unpaired) electrons. The van der Waals surface area contributed by atoms with Crippen molar-refractivity contribution in [2.45, 2.75) is 47.0 Å². The number of ether oxygens (including phenoxy) is 1. The molecule has 0 aliphatic carbocycles. The lowest BCUT2D eigenvalue weighted by atomic mass is 10.0. The van der Waals surface area contributed by atoms with Crippen LogP contribution in [0.25, 0.3) is 11.3 Å². The maximum absolute atomic E-state index is 5.31. The fourth-order valence-electron chi connectivity index (χ4n) is 4.35. The van der Waals surface area contributed by atoms with Crippen molar-refractivity contribution in [3.63, 3.8) is 0 Å². The monoisotopic (exact) mass is 446 g/mol. The molecule has 1 fully saturated rings. The van der Waals surface area contributed by atoms with Gasteiger partial charge in [-0.1, -0.05) is 13.3 Å². The number of methoxy groups -OCH3 is 1. The molecule has 0 spiro atoms. The average molecular weight is 447 g/mol. The fourth-order valence-corrected chi connectivity index (χ4v) is 4.35. The predicted octanol–water partition coefficient (Wildman–Crippen LogP) is 4.54. The first-order chi connectivity index (χ1) is 16.0. The Bertz CT molecular complexity index is 1110. The van der Waals surface area contributed by atoms with Crippen LogP contribution < -0.4 is 14.5 Å². The molecule has 3 aromatic rings. The van der Waals surface area contributed by atoms with Crippen LogP contribution in [0.4, 0.5) is 11.6 Å². The SMILES string of the molecule is CCCCc1cnc(N2CCN(c3nnc(-c4cncc(OC)c4)c(C)c3C)CC2)cc1C. The molecule has 7 nitrogen and oxygen atoms in total. The lowest BCUT2D eigenvalue weighted by Crippen LogP contribution is -2.47. The highest BCUT2D eigenvalue weighted by Crippen LogP contribution is 2.30. The second-order valence-electron chi connectivity index (χ2n) is 8.78. The van der Waals surface area contributed by atoms with Crippen LogP contribution in [0, 0.1) is 20.8 Å². The van der Waals surface area contributed by atoms with Crippen molar-refractivity contribution < 1.29 is 4.74 Å². The first-order valence-electron chi connectivity index (χ1n) is 11.8. The quantitative estimate of drug-likeness (QED) is 0.528. The zero-order chi connectivity index (χ0) is 23.4. The van der Waals surface area contributed by atoms with Gasteiger partial charge in [0.25, 0.3) is 0 Å². The number of rotatable bonds is 7. The zero-order valence-corrected chi connectivity index (χ0v) is 20.4. The maximum Gasteiger partial charge on any atom is 0.154 e. The second kappa shape index (κ2) is 10.1. The summed E-state index contributed by atoms with van der Waals surface area (Å²) in [5, 5.41) is 9.19. The van der Waals surface area contributed by atoms with Gasteiger partial charge in [-0.25, -0.2) is 4.98 Å². The predicted molar refractivity (Wildman–Crippen MR) is 133 cm³/mol. The van der Waals surface area contributed by atoms with Gasteiger partial charge in [0, 0.05) is 44.1 Å². The van der Waals surface area contributed by atoms with E-state index in [4.69, 9.17) is 9.72 Å². The summed E-state index contributed by atoms with van der Waals surface area (Å²) in [5.74, 6) is 2.76. The van der Waals surface area contributed by atoms with E-state index >= 15 is 0 Å². The van der Waals surface area contributed by atoms with Crippen LogP contribution in [0.15, 0.2) is 30.7 Å². The highest BCUT2D eigenvalue weighted by atomic mass is 16.5. The average Bonchev–Trinajstić information content (AvgIpc) is 2.85. The lowest BCUT2D eigenvalue weighted by Gasteiger charge is -2.36. The molecule has 0 atom stereocenters. The van der Waals surface area contributed by atoms with Crippen molar-refractivity contribution in [1.82, 2.24) is 20.2 Å². The maximum atomic E-state index is 5.31. The van der Waals surface area contributed by atoms with E-state index in [1.54, 1.807) is 19.5 Å². The van der Waals surface area contributed by atoms with Crippen LogP contribution in [0.3, 0.4) is 0 Å². The van der Waals surface area contributed by atoms with Crippen molar-refractivity contribution in [3.05, 3.63) is 53.0 Å². The minimum atomic E-state index is 0.716. The van der Waals surface area contributed by atoms with Gasteiger partial charge >= 0.3 is 0 Å². The number of hydrogen-bond donors (Lipinski definition) is 0. The summed E-state index contributed by atoms with van der Waals surface area (Å²) in [6, 6.07) is 4.19. The largest absolute Gasteiger partial charge is 0.495 e. The molecule has 0 bridgehead atoms. The van der Waals surface area contributed by atoms with Gasteiger partial charge in [0.1, 0.15) is 11.6 Å². The Kier molecular flexibility index (Phi) is 7.06. The summed E-state index contributed by atoms with van der Waals surface area (Å²) in [6.07, 6.45) is 9.11. The number of piperazine rings is 1. The summed E-state index contributed by atoms with van der Waals surface area (Å²) >= 11 is 0. The molecule has 4 rings (SSSR count). The molecule has 0 N–H and O–H groups in total. The third-order valence-electron chi connectivity index (χ3n) is 6.63. The Balaban J connectivity index is 1.46. The van der Waals surface area contributed by atoms with Gasteiger partial charge in [-0.3, -0.25) is 4.98 Å². The van der Waals surface area contributed by atoms with Crippen molar-refractivity contribution >= 4 is 11.6 Å². The number of anilines is 2. The number of pyridine rings is 2. The molecule has 3 aromatic heterocycles. The smallest absolute Gasteiger partial charge is 0.154 e. The van der Waals surface area contributed by atoms with E-state index in [9.17, 15) is 0 Å². The van der Waals surface area contributed by atoms with Crippen LogP contribution in [-0.4, -0.2) is 53.5 Å². The van der Waals surface area contributed by atoms with E-state index < -0.39 is 0 Å². The summed E-state index contributed by atoms with van der Waals surface area (Å²) in [6.45, 7) is 12.3. The first-order valence-corrected chi connectivity index (χ1v) is 11.8. The molecule has 1 saturated heterocycles. The molecular weight excluding hydrogens is 412 g/mol. The van der Waals surface area contributed by atoms with Crippen LogP contribution in [0.5, 0.6) is 5.75 Å². The van der Waals surface area contributed by atoms with E-state index in [0.29, 0.717) is 5.75 Å². The van der Waals surface area contributed by atoms with Crippen molar-refractivity contribution in [1.29, 1.82) is 0 Å². The van der Waals surface area contributed by atoms with Crippen LogP contribution in [0.2, 0.25) is 0 Å². The Morgan fingerprint density at radius 1 is 0.909 bits per heavy atom. The number of hydrogen-bond acceptors (Lipinski definition) is 7. The summed E-state index contributed by atoms with van der Waals surface area (Å²) in [5.41, 5.74) is 6.76. The summed E-state index contributed by atoms with van der Waals surface area (Å²) < 4.78 is 5.31. The molecule has 0 unspecified atom stereocenters. The molecule has 0 amide bonds. The Morgan fingerprint density at radius 3 is 2.36 bits per heavy atom. The van der Waals surface area contributed by atoms with Crippen molar-refractivity contribution in [2.24, 2.45) is 0 Å².